The lowest BCUT2D eigenvalue weighted by atomic mass is 10.0. The molecule has 0 spiro atoms. The van der Waals surface area contributed by atoms with E-state index in [9.17, 15) is 4.79 Å². The summed E-state index contributed by atoms with van der Waals surface area (Å²) in [4.78, 5) is 16.5. The van der Waals surface area contributed by atoms with E-state index in [0.717, 1.165) is 31.5 Å². The average molecular weight is 218 g/mol. The Bertz CT molecular complexity index is 429. The molecule has 1 aromatic rings. The Labute approximate surface area is 95.9 Å². The quantitative estimate of drug-likeness (QED) is 0.778. The summed E-state index contributed by atoms with van der Waals surface area (Å²) >= 11 is 0. The molecule has 16 heavy (non-hydrogen) atoms. The van der Waals surface area contributed by atoms with Gasteiger partial charge < -0.3 is 4.57 Å². The van der Waals surface area contributed by atoms with Crippen LogP contribution in [0, 0.1) is 12.8 Å². The first kappa shape index (κ1) is 10.1. The predicted octanol–water partition coefficient (Wildman–Crippen LogP) is 2.05. The van der Waals surface area contributed by atoms with Gasteiger partial charge in [-0.15, -0.1) is 0 Å². The Morgan fingerprint density at radius 3 is 2.88 bits per heavy atom. The van der Waals surface area contributed by atoms with Crippen LogP contribution in [0.25, 0.3) is 0 Å². The van der Waals surface area contributed by atoms with Gasteiger partial charge in [0.2, 0.25) is 0 Å². The van der Waals surface area contributed by atoms with Crippen molar-refractivity contribution in [2.45, 2.75) is 52.0 Å². The van der Waals surface area contributed by atoms with E-state index in [1.54, 1.807) is 0 Å². The lowest BCUT2D eigenvalue weighted by molar-refractivity contribution is -0.120. The van der Waals surface area contributed by atoms with E-state index in [1.165, 1.54) is 24.2 Å². The molecule has 3 heteroatoms. The van der Waals surface area contributed by atoms with E-state index in [1.807, 2.05) is 6.92 Å². The minimum Gasteiger partial charge on any atom is -0.325 e. The summed E-state index contributed by atoms with van der Waals surface area (Å²) < 4.78 is 2.16. The second-order valence-corrected chi connectivity index (χ2v) is 5.09. The molecule has 0 bridgehead atoms. The van der Waals surface area contributed by atoms with Crippen molar-refractivity contribution in [2.24, 2.45) is 5.92 Å². The SMILES string of the molecule is Cc1nc2c(n1CC(=O)C1CC1)CCCC2. The minimum absolute atomic E-state index is 0.362. The third-order valence-electron chi connectivity index (χ3n) is 3.77. The van der Waals surface area contributed by atoms with E-state index >= 15 is 0 Å². The third kappa shape index (κ3) is 1.68. The summed E-state index contributed by atoms with van der Waals surface area (Å²) in [6, 6.07) is 0. The number of ketones is 1. The van der Waals surface area contributed by atoms with Gasteiger partial charge in [0, 0.05) is 11.6 Å². The van der Waals surface area contributed by atoms with Crippen LogP contribution in [0.2, 0.25) is 0 Å². The number of nitrogens with zero attached hydrogens (tertiary/aromatic N) is 2. The van der Waals surface area contributed by atoms with Crippen LogP contribution in [-0.2, 0) is 24.2 Å². The summed E-state index contributed by atoms with van der Waals surface area (Å²) in [5.41, 5.74) is 2.57. The van der Waals surface area contributed by atoms with Gasteiger partial charge >= 0.3 is 0 Å². The van der Waals surface area contributed by atoms with Crippen LogP contribution < -0.4 is 0 Å². The molecule has 3 rings (SSSR count). The highest BCUT2D eigenvalue weighted by Crippen LogP contribution is 2.31. The van der Waals surface area contributed by atoms with Crippen LogP contribution in [0.1, 0.15) is 42.9 Å². The van der Waals surface area contributed by atoms with Crippen molar-refractivity contribution in [3.8, 4) is 0 Å². The van der Waals surface area contributed by atoms with E-state index < -0.39 is 0 Å². The molecule has 0 atom stereocenters. The van der Waals surface area contributed by atoms with Crippen molar-refractivity contribution < 1.29 is 4.79 Å². The molecule has 0 N–H and O–H groups in total. The monoisotopic (exact) mass is 218 g/mol. The van der Waals surface area contributed by atoms with Crippen molar-refractivity contribution in [3.63, 3.8) is 0 Å². The first-order valence-electron chi connectivity index (χ1n) is 6.33. The van der Waals surface area contributed by atoms with Crippen LogP contribution in [0.5, 0.6) is 0 Å². The Kier molecular flexibility index (Phi) is 2.34. The van der Waals surface area contributed by atoms with Gasteiger partial charge in [-0.05, 0) is 45.4 Å². The molecule has 86 valence electrons. The molecular formula is C13H18N2O. The fraction of sp³-hybridized carbons (Fsp3) is 0.692. The normalized spacial score (nSPS) is 19.6. The summed E-state index contributed by atoms with van der Waals surface area (Å²) in [6.45, 7) is 2.59. The number of Topliss-reactive ketones (excluding diaryl/α,β-unsaturated/α-hetero) is 1. The molecule has 1 saturated carbocycles. The van der Waals surface area contributed by atoms with E-state index in [2.05, 4.69) is 9.55 Å². The Hall–Kier alpha value is -1.12. The Morgan fingerprint density at radius 2 is 2.12 bits per heavy atom. The van der Waals surface area contributed by atoms with Crippen LogP contribution in [0.15, 0.2) is 0 Å². The van der Waals surface area contributed by atoms with Gasteiger partial charge in [0.1, 0.15) is 5.82 Å². The molecule has 2 aliphatic carbocycles. The number of hydrogen-bond acceptors (Lipinski definition) is 2. The Morgan fingerprint density at radius 1 is 1.38 bits per heavy atom. The molecule has 1 fully saturated rings. The second-order valence-electron chi connectivity index (χ2n) is 5.09. The van der Waals surface area contributed by atoms with Gasteiger partial charge in [-0.2, -0.15) is 0 Å². The second kappa shape index (κ2) is 3.72. The van der Waals surface area contributed by atoms with Gasteiger partial charge in [-0.1, -0.05) is 0 Å². The first-order valence-corrected chi connectivity index (χ1v) is 6.33. The molecule has 0 saturated heterocycles. The number of carbonyl (C=O) groups excluding carboxylic acids is 1. The summed E-state index contributed by atoms with van der Waals surface area (Å²) in [5, 5.41) is 0. The lowest BCUT2D eigenvalue weighted by Gasteiger charge is -2.14. The number of fused-ring (bicyclic) bond motifs is 1. The number of hydrogen-bond donors (Lipinski definition) is 0. The van der Waals surface area contributed by atoms with E-state index in [-0.39, 0.29) is 0 Å². The van der Waals surface area contributed by atoms with Crippen molar-refractivity contribution in [1.29, 1.82) is 0 Å². The smallest absolute Gasteiger partial charge is 0.155 e. The largest absolute Gasteiger partial charge is 0.325 e. The van der Waals surface area contributed by atoms with E-state index in [0.29, 0.717) is 18.2 Å². The number of rotatable bonds is 3. The van der Waals surface area contributed by atoms with Crippen molar-refractivity contribution in [1.82, 2.24) is 9.55 Å². The Balaban J connectivity index is 1.87. The topological polar surface area (TPSA) is 34.9 Å². The van der Waals surface area contributed by atoms with Crippen LogP contribution >= 0.6 is 0 Å². The maximum absolute atomic E-state index is 11.9. The highest BCUT2D eigenvalue weighted by Gasteiger charge is 2.30. The molecule has 1 aromatic heterocycles. The zero-order chi connectivity index (χ0) is 11.1. The highest BCUT2D eigenvalue weighted by molar-refractivity contribution is 5.83. The van der Waals surface area contributed by atoms with Crippen LogP contribution in [-0.4, -0.2) is 15.3 Å². The molecule has 3 nitrogen and oxygen atoms in total. The highest BCUT2D eigenvalue weighted by atomic mass is 16.1. The van der Waals surface area contributed by atoms with Gasteiger partial charge in [0.15, 0.2) is 5.78 Å². The number of carbonyl (C=O) groups is 1. The van der Waals surface area contributed by atoms with Gasteiger partial charge in [0.05, 0.1) is 12.2 Å². The minimum atomic E-state index is 0.362. The van der Waals surface area contributed by atoms with Crippen LogP contribution in [0.4, 0.5) is 0 Å². The fourth-order valence-electron chi connectivity index (χ4n) is 2.64. The molecule has 0 aliphatic heterocycles. The standard InChI is InChI=1S/C13H18N2O/c1-9-14-11-4-2-3-5-12(11)15(9)8-13(16)10-6-7-10/h10H,2-8H2,1H3. The third-order valence-corrected chi connectivity index (χ3v) is 3.77. The maximum atomic E-state index is 11.9. The number of imidazole rings is 1. The molecule has 0 aromatic carbocycles. The maximum Gasteiger partial charge on any atom is 0.155 e. The van der Waals surface area contributed by atoms with Crippen molar-refractivity contribution in [3.05, 3.63) is 17.2 Å². The number of aromatic nitrogens is 2. The molecule has 0 radical (unpaired) electrons. The molecular weight excluding hydrogens is 200 g/mol. The van der Waals surface area contributed by atoms with Crippen molar-refractivity contribution in [2.75, 3.05) is 0 Å². The van der Waals surface area contributed by atoms with Crippen LogP contribution in [0.3, 0.4) is 0 Å². The summed E-state index contributed by atoms with van der Waals surface area (Å²) in [7, 11) is 0. The summed E-state index contributed by atoms with van der Waals surface area (Å²) in [5.74, 6) is 1.80. The van der Waals surface area contributed by atoms with E-state index in [4.69, 9.17) is 0 Å². The predicted molar refractivity (Wildman–Crippen MR) is 61.3 cm³/mol. The molecule has 0 unspecified atom stereocenters. The molecule has 1 heterocycles. The molecule has 2 aliphatic rings. The summed E-state index contributed by atoms with van der Waals surface area (Å²) in [6.07, 6.45) is 6.91. The zero-order valence-corrected chi connectivity index (χ0v) is 9.83. The van der Waals surface area contributed by atoms with Gasteiger partial charge in [-0.3, -0.25) is 4.79 Å². The average Bonchev–Trinajstić information content (AvgIpc) is 3.06. The number of aryl methyl sites for hydroxylation is 2. The van der Waals surface area contributed by atoms with Crippen molar-refractivity contribution >= 4 is 5.78 Å². The lowest BCUT2D eigenvalue weighted by Crippen LogP contribution is -2.16. The zero-order valence-electron chi connectivity index (χ0n) is 9.83. The van der Waals surface area contributed by atoms with Gasteiger partial charge in [-0.25, -0.2) is 4.98 Å². The molecule has 0 amide bonds. The first-order chi connectivity index (χ1) is 7.75. The fourth-order valence-corrected chi connectivity index (χ4v) is 2.64. The van der Waals surface area contributed by atoms with Gasteiger partial charge in [0.25, 0.3) is 0 Å².